The van der Waals surface area contributed by atoms with Crippen molar-refractivity contribution < 1.29 is 4.79 Å². The Morgan fingerprint density at radius 3 is 2.41 bits per heavy atom. The van der Waals surface area contributed by atoms with Gasteiger partial charge in [0.15, 0.2) is 5.96 Å². The van der Waals surface area contributed by atoms with Crippen LogP contribution in [0.4, 0.5) is 0 Å². The summed E-state index contributed by atoms with van der Waals surface area (Å²) in [6, 6.07) is 0. The van der Waals surface area contributed by atoms with E-state index >= 15 is 0 Å². The van der Waals surface area contributed by atoms with E-state index in [1.807, 2.05) is 33.9 Å². The quantitative estimate of drug-likeness (QED) is 0.284. The average Bonchev–Trinajstić information content (AvgIpc) is 2.82. The Hall–Kier alpha value is -0.900. The lowest BCUT2D eigenvalue weighted by atomic mass is 9.96. The molecule has 0 aliphatic carbocycles. The van der Waals surface area contributed by atoms with E-state index < -0.39 is 0 Å². The molecule has 1 aromatic rings. The van der Waals surface area contributed by atoms with Crippen molar-refractivity contribution in [2.45, 2.75) is 34.2 Å². The van der Waals surface area contributed by atoms with Gasteiger partial charge in [0.1, 0.15) is 5.01 Å². The van der Waals surface area contributed by atoms with Crippen molar-refractivity contribution in [3.8, 4) is 0 Å². The summed E-state index contributed by atoms with van der Waals surface area (Å²) in [6.07, 6.45) is 1.86. The lowest BCUT2D eigenvalue weighted by Crippen LogP contribution is -2.43. The van der Waals surface area contributed by atoms with Gasteiger partial charge in [0.05, 0.1) is 6.54 Å². The number of hydrogen-bond donors (Lipinski definition) is 3. The van der Waals surface area contributed by atoms with Crippen LogP contribution in [0, 0.1) is 12.3 Å². The molecule has 0 aromatic carbocycles. The number of amides is 1. The van der Waals surface area contributed by atoms with Crippen molar-refractivity contribution in [1.29, 1.82) is 0 Å². The van der Waals surface area contributed by atoms with Gasteiger partial charge in [-0.25, -0.2) is 4.98 Å². The number of aromatic nitrogens is 1. The number of thiazole rings is 1. The summed E-state index contributed by atoms with van der Waals surface area (Å²) in [7, 11) is 1.72. The van der Waals surface area contributed by atoms with Crippen molar-refractivity contribution >= 4 is 47.2 Å². The molecule has 126 valence electrons. The number of nitrogens with one attached hydrogen (secondary N) is 3. The largest absolute Gasteiger partial charge is 0.355 e. The Bertz CT molecular complexity index is 496. The molecule has 22 heavy (non-hydrogen) atoms. The molecule has 0 aliphatic rings. The molecule has 0 atom stereocenters. The van der Waals surface area contributed by atoms with Gasteiger partial charge in [-0.3, -0.25) is 9.79 Å². The highest BCUT2D eigenvalue weighted by Gasteiger charge is 2.20. The predicted octanol–water partition coefficient (Wildman–Crippen LogP) is 1.90. The smallest absolute Gasteiger partial charge is 0.225 e. The lowest BCUT2D eigenvalue weighted by Gasteiger charge is -2.18. The van der Waals surface area contributed by atoms with Gasteiger partial charge < -0.3 is 16.0 Å². The molecular formula is C14H26IN5OS. The maximum atomic E-state index is 11.7. The number of nitrogens with zero attached hydrogens (tertiary/aromatic N) is 2. The minimum Gasteiger partial charge on any atom is -0.355 e. The van der Waals surface area contributed by atoms with E-state index in [1.165, 1.54) is 4.88 Å². The third-order valence-electron chi connectivity index (χ3n) is 2.68. The van der Waals surface area contributed by atoms with E-state index in [-0.39, 0.29) is 35.3 Å². The highest BCUT2D eigenvalue weighted by molar-refractivity contribution is 14.0. The van der Waals surface area contributed by atoms with E-state index in [4.69, 9.17) is 0 Å². The minimum absolute atomic E-state index is 0. The second-order valence-electron chi connectivity index (χ2n) is 5.72. The SMILES string of the molecule is CN=C(NCCNC(=O)C(C)(C)C)NCc1ncc(C)s1.I. The third-order valence-corrected chi connectivity index (χ3v) is 3.60. The molecule has 6 nitrogen and oxygen atoms in total. The van der Waals surface area contributed by atoms with Crippen LogP contribution in [0.1, 0.15) is 30.7 Å². The Labute approximate surface area is 153 Å². The lowest BCUT2D eigenvalue weighted by molar-refractivity contribution is -0.128. The highest BCUT2D eigenvalue weighted by atomic mass is 127. The summed E-state index contributed by atoms with van der Waals surface area (Å²) in [5.74, 6) is 0.748. The molecule has 0 saturated heterocycles. The van der Waals surface area contributed by atoms with Crippen molar-refractivity contribution in [2.24, 2.45) is 10.4 Å². The first-order valence-electron chi connectivity index (χ1n) is 6.97. The molecule has 1 amide bonds. The third kappa shape index (κ3) is 7.92. The topological polar surface area (TPSA) is 78.4 Å². The molecular weight excluding hydrogens is 413 g/mol. The van der Waals surface area contributed by atoms with E-state index in [9.17, 15) is 4.79 Å². The Balaban J connectivity index is 0.00000441. The van der Waals surface area contributed by atoms with E-state index in [2.05, 4.69) is 25.9 Å². The van der Waals surface area contributed by atoms with Crippen molar-refractivity contribution in [1.82, 2.24) is 20.9 Å². The summed E-state index contributed by atoms with van der Waals surface area (Å²) in [4.78, 5) is 21.3. The van der Waals surface area contributed by atoms with Crippen LogP contribution >= 0.6 is 35.3 Å². The van der Waals surface area contributed by atoms with Gasteiger partial charge in [0.25, 0.3) is 0 Å². The molecule has 1 aromatic heterocycles. The van der Waals surface area contributed by atoms with Gasteiger partial charge in [-0.1, -0.05) is 20.8 Å². The van der Waals surface area contributed by atoms with Crippen LogP contribution in [0.2, 0.25) is 0 Å². The summed E-state index contributed by atoms with van der Waals surface area (Å²) >= 11 is 1.66. The Morgan fingerprint density at radius 1 is 1.27 bits per heavy atom. The van der Waals surface area contributed by atoms with Crippen LogP contribution in [-0.2, 0) is 11.3 Å². The molecule has 0 fully saturated rings. The second-order valence-corrected chi connectivity index (χ2v) is 7.04. The zero-order valence-corrected chi connectivity index (χ0v) is 17.0. The van der Waals surface area contributed by atoms with Crippen LogP contribution < -0.4 is 16.0 Å². The first-order valence-corrected chi connectivity index (χ1v) is 7.78. The normalized spacial score (nSPS) is 11.6. The van der Waals surface area contributed by atoms with Gasteiger partial charge in [0.2, 0.25) is 5.91 Å². The molecule has 3 N–H and O–H groups in total. The zero-order valence-electron chi connectivity index (χ0n) is 13.8. The number of aliphatic imine (C=N–C) groups is 1. The van der Waals surface area contributed by atoms with Gasteiger partial charge in [0, 0.05) is 36.6 Å². The number of halogens is 1. The molecule has 0 aliphatic heterocycles. The van der Waals surface area contributed by atoms with E-state index in [0.717, 1.165) is 5.01 Å². The van der Waals surface area contributed by atoms with Crippen LogP contribution in [0.5, 0.6) is 0 Å². The van der Waals surface area contributed by atoms with Crippen LogP contribution in [0.3, 0.4) is 0 Å². The molecule has 1 rings (SSSR count). The van der Waals surface area contributed by atoms with Crippen molar-refractivity contribution in [3.63, 3.8) is 0 Å². The maximum Gasteiger partial charge on any atom is 0.225 e. The number of aryl methyl sites for hydroxylation is 1. The Morgan fingerprint density at radius 2 is 1.91 bits per heavy atom. The van der Waals surface area contributed by atoms with Crippen LogP contribution in [0.15, 0.2) is 11.2 Å². The Kier molecular flexibility index (Phi) is 9.58. The molecule has 0 bridgehead atoms. The number of rotatable bonds is 5. The van der Waals surface area contributed by atoms with Crippen LogP contribution in [0.25, 0.3) is 0 Å². The first-order chi connectivity index (χ1) is 9.82. The standard InChI is InChI=1S/C14H25N5OS.HI/c1-10-8-18-11(21-10)9-19-13(15-5)17-7-6-16-12(20)14(2,3)4;/h8H,6-7,9H2,1-5H3,(H,16,20)(H2,15,17,19);1H. The average molecular weight is 439 g/mol. The summed E-state index contributed by atoms with van der Waals surface area (Å²) in [5, 5.41) is 10.3. The molecule has 0 radical (unpaired) electrons. The van der Waals surface area contributed by atoms with Crippen molar-refractivity contribution in [3.05, 3.63) is 16.1 Å². The fraction of sp³-hybridized carbons (Fsp3) is 0.643. The summed E-state index contributed by atoms with van der Waals surface area (Å²) in [5.41, 5.74) is -0.359. The van der Waals surface area contributed by atoms with Gasteiger partial charge >= 0.3 is 0 Å². The van der Waals surface area contributed by atoms with E-state index in [1.54, 1.807) is 18.4 Å². The molecule has 0 saturated carbocycles. The molecule has 8 heteroatoms. The predicted molar refractivity (Wildman–Crippen MR) is 103 cm³/mol. The fourth-order valence-electron chi connectivity index (χ4n) is 1.49. The molecule has 1 heterocycles. The van der Waals surface area contributed by atoms with Crippen LogP contribution in [-0.4, -0.2) is 37.0 Å². The number of carbonyl (C=O) groups excluding carboxylic acids is 1. The summed E-state index contributed by atoms with van der Waals surface area (Å²) in [6.45, 7) is 9.55. The van der Waals surface area contributed by atoms with Gasteiger partial charge in [-0.15, -0.1) is 35.3 Å². The number of carbonyl (C=O) groups is 1. The first kappa shape index (κ1) is 21.1. The maximum absolute atomic E-state index is 11.7. The number of hydrogen-bond acceptors (Lipinski definition) is 4. The molecule has 0 spiro atoms. The van der Waals surface area contributed by atoms with Crippen molar-refractivity contribution in [2.75, 3.05) is 20.1 Å². The molecule has 0 unspecified atom stereocenters. The monoisotopic (exact) mass is 439 g/mol. The van der Waals surface area contributed by atoms with Gasteiger partial charge in [-0.05, 0) is 6.92 Å². The second kappa shape index (κ2) is 9.98. The highest BCUT2D eigenvalue weighted by Crippen LogP contribution is 2.12. The summed E-state index contributed by atoms with van der Waals surface area (Å²) < 4.78 is 0. The minimum atomic E-state index is -0.359. The fourth-order valence-corrected chi connectivity index (χ4v) is 2.21. The van der Waals surface area contributed by atoms with Gasteiger partial charge in [-0.2, -0.15) is 0 Å². The van der Waals surface area contributed by atoms with E-state index in [0.29, 0.717) is 25.6 Å². The zero-order chi connectivity index (χ0) is 15.9. The number of guanidine groups is 1.